The molecule has 0 aromatic heterocycles. The summed E-state index contributed by atoms with van der Waals surface area (Å²) in [6.07, 6.45) is 5.69. The van der Waals surface area contributed by atoms with E-state index in [4.69, 9.17) is 14.2 Å². The van der Waals surface area contributed by atoms with Gasteiger partial charge >= 0.3 is 5.97 Å². The van der Waals surface area contributed by atoms with E-state index in [2.05, 4.69) is 0 Å². The minimum Gasteiger partial charge on any atom is -0.480 e. The van der Waals surface area contributed by atoms with Crippen molar-refractivity contribution in [1.29, 1.82) is 0 Å². The topological polar surface area (TPSA) is 85.3 Å². The standard InChI is InChI=1S/C31H34FNO6/c1-37-27-16-15-21-18-33(30(34)28(20-9-3-2-4-10-20)39-23-12-6-7-13-23)26(31(35)36)17-24(21)29(27)38-19-22-11-5-8-14-25(22)32/h2-5,8-11,14-16,23,26-29H,6-7,12-13,17-19H2,1H3,(H,35,36)/t26-,27?,28?,29?/m1/s1. The number of halogens is 1. The van der Waals surface area contributed by atoms with Gasteiger partial charge in [-0.15, -0.1) is 0 Å². The van der Waals surface area contributed by atoms with Crippen LogP contribution in [-0.4, -0.2) is 59.9 Å². The van der Waals surface area contributed by atoms with Crippen LogP contribution < -0.4 is 0 Å². The lowest BCUT2D eigenvalue weighted by molar-refractivity contribution is -0.159. The molecule has 1 amide bonds. The van der Waals surface area contributed by atoms with Crippen molar-refractivity contribution in [3.8, 4) is 0 Å². The van der Waals surface area contributed by atoms with Gasteiger partial charge in [0.2, 0.25) is 0 Å². The number of carbonyl (C=O) groups is 2. The minimum absolute atomic E-state index is 0.00745. The molecule has 0 bridgehead atoms. The molecule has 1 heterocycles. The normalized spacial score (nSPS) is 24.1. The highest BCUT2D eigenvalue weighted by Crippen LogP contribution is 2.37. The maximum atomic E-state index is 14.3. The van der Waals surface area contributed by atoms with Gasteiger partial charge in [-0.05, 0) is 35.6 Å². The van der Waals surface area contributed by atoms with E-state index >= 15 is 0 Å². The van der Waals surface area contributed by atoms with Gasteiger partial charge in [-0.1, -0.05) is 73.5 Å². The van der Waals surface area contributed by atoms with E-state index in [-0.39, 0.29) is 37.4 Å². The number of aliphatic carboxylic acids is 1. The van der Waals surface area contributed by atoms with Crippen LogP contribution in [0.15, 0.2) is 77.9 Å². The first-order chi connectivity index (χ1) is 19.0. The predicted molar refractivity (Wildman–Crippen MR) is 142 cm³/mol. The lowest BCUT2D eigenvalue weighted by Crippen LogP contribution is -2.53. The number of benzene rings is 2. The molecule has 5 rings (SSSR count). The summed E-state index contributed by atoms with van der Waals surface area (Å²) in [5, 5.41) is 10.2. The second-order valence-electron chi connectivity index (χ2n) is 10.3. The van der Waals surface area contributed by atoms with Crippen molar-refractivity contribution < 1.29 is 33.3 Å². The van der Waals surface area contributed by atoms with E-state index in [0.717, 1.165) is 36.8 Å². The first-order valence-electron chi connectivity index (χ1n) is 13.5. The van der Waals surface area contributed by atoms with E-state index in [1.165, 1.54) is 11.0 Å². The molecule has 8 heteroatoms. The number of carboxylic acid groups (broad SMARTS) is 1. The largest absolute Gasteiger partial charge is 0.480 e. The molecule has 2 aliphatic carbocycles. The van der Waals surface area contributed by atoms with Crippen LogP contribution in [-0.2, 0) is 30.4 Å². The molecule has 3 aliphatic rings. The maximum Gasteiger partial charge on any atom is 0.326 e. The fraction of sp³-hybridized carbons (Fsp3) is 0.419. The van der Waals surface area contributed by atoms with Gasteiger partial charge in [-0.3, -0.25) is 4.79 Å². The van der Waals surface area contributed by atoms with Crippen molar-refractivity contribution >= 4 is 11.9 Å². The predicted octanol–water partition coefficient (Wildman–Crippen LogP) is 4.98. The molecule has 0 saturated heterocycles. The molecule has 4 atom stereocenters. The molecule has 39 heavy (non-hydrogen) atoms. The third-order valence-corrected chi connectivity index (χ3v) is 7.85. The number of methoxy groups -OCH3 is 1. The third-order valence-electron chi connectivity index (χ3n) is 7.85. The Morgan fingerprint density at radius 1 is 1.08 bits per heavy atom. The Morgan fingerprint density at radius 3 is 2.49 bits per heavy atom. The summed E-state index contributed by atoms with van der Waals surface area (Å²) in [6, 6.07) is 14.6. The number of nitrogens with zero attached hydrogens (tertiary/aromatic N) is 1. The van der Waals surface area contributed by atoms with Gasteiger partial charge in [0.05, 0.1) is 12.7 Å². The summed E-state index contributed by atoms with van der Waals surface area (Å²) in [5.41, 5.74) is 2.68. The quantitative estimate of drug-likeness (QED) is 0.488. The smallest absolute Gasteiger partial charge is 0.326 e. The Morgan fingerprint density at radius 2 is 1.79 bits per heavy atom. The summed E-state index contributed by atoms with van der Waals surface area (Å²) >= 11 is 0. The second-order valence-corrected chi connectivity index (χ2v) is 10.3. The Balaban J connectivity index is 1.42. The molecular formula is C31H34FNO6. The van der Waals surface area contributed by atoms with Gasteiger partial charge in [-0.2, -0.15) is 0 Å². The molecule has 0 spiro atoms. The van der Waals surface area contributed by atoms with E-state index in [9.17, 15) is 19.1 Å². The number of hydrogen-bond acceptors (Lipinski definition) is 5. The summed E-state index contributed by atoms with van der Waals surface area (Å²) < 4.78 is 32.4. The van der Waals surface area contributed by atoms with Crippen LogP contribution >= 0.6 is 0 Å². The van der Waals surface area contributed by atoms with E-state index in [1.807, 2.05) is 42.5 Å². The highest BCUT2D eigenvalue weighted by Gasteiger charge is 2.43. The van der Waals surface area contributed by atoms with Crippen molar-refractivity contribution in [2.24, 2.45) is 0 Å². The molecule has 0 radical (unpaired) electrons. The van der Waals surface area contributed by atoms with Crippen molar-refractivity contribution in [2.75, 3.05) is 13.7 Å². The summed E-state index contributed by atoms with van der Waals surface area (Å²) in [5.74, 6) is -1.83. The first kappa shape index (κ1) is 27.2. The monoisotopic (exact) mass is 535 g/mol. The lowest BCUT2D eigenvalue weighted by atomic mass is 9.84. The number of carboxylic acids is 1. The Labute approximate surface area is 227 Å². The molecule has 2 aromatic carbocycles. The van der Waals surface area contributed by atoms with Gasteiger partial charge in [0.1, 0.15) is 24.1 Å². The molecule has 1 aliphatic heterocycles. The van der Waals surface area contributed by atoms with Gasteiger partial charge in [-0.25, -0.2) is 9.18 Å². The fourth-order valence-electron chi connectivity index (χ4n) is 5.73. The number of carbonyl (C=O) groups excluding carboxylic acids is 1. The summed E-state index contributed by atoms with van der Waals surface area (Å²) in [7, 11) is 1.55. The van der Waals surface area contributed by atoms with Crippen LogP contribution in [0.1, 0.15) is 49.3 Å². The van der Waals surface area contributed by atoms with Crippen molar-refractivity contribution in [1.82, 2.24) is 4.90 Å². The van der Waals surface area contributed by atoms with Crippen LogP contribution in [0.2, 0.25) is 0 Å². The van der Waals surface area contributed by atoms with Crippen LogP contribution in [0.3, 0.4) is 0 Å². The summed E-state index contributed by atoms with van der Waals surface area (Å²) in [6.45, 7) is 0.114. The fourth-order valence-corrected chi connectivity index (χ4v) is 5.73. The average Bonchev–Trinajstić information content (AvgIpc) is 3.48. The number of amides is 1. The zero-order valence-electron chi connectivity index (χ0n) is 22.0. The van der Waals surface area contributed by atoms with Crippen LogP contribution in [0.25, 0.3) is 0 Å². The minimum atomic E-state index is -1.10. The molecule has 1 N–H and O–H groups in total. The molecule has 1 fully saturated rings. The molecule has 7 nitrogen and oxygen atoms in total. The van der Waals surface area contributed by atoms with Crippen molar-refractivity contribution in [2.45, 2.75) is 69.2 Å². The van der Waals surface area contributed by atoms with Crippen LogP contribution in [0.4, 0.5) is 4.39 Å². The third kappa shape index (κ3) is 5.98. The van der Waals surface area contributed by atoms with Crippen LogP contribution in [0, 0.1) is 5.82 Å². The molecule has 206 valence electrons. The number of hydrogen-bond donors (Lipinski definition) is 1. The van der Waals surface area contributed by atoms with Crippen molar-refractivity contribution in [3.63, 3.8) is 0 Å². The lowest BCUT2D eigenvalue weighted by Gasteiger charge is -2.41. The van der Waals surface area contributed by atoms with Crippen LogP contribution in [0.5, 0.6) is 0 Å². The van der Waals surface area contributed by atoms with E-state index < -0.39 is 30.3 Å². The zero-order chi connectivity index (χ0) is 27.4. The SMILES string of the molecule is COC1C=CC2=C(C[C@H](C(=O)O)N(C(=O)C(OC3CCCC3)c3ccccc3)C2)C1OCc1ccccc1F. The Bertz CT molecular complexity index is 1240. The van der Waals surface area contributed by atoms with Crippen molar-refractivity contribution in [3.05, 3.63) is 94.8 Å². The Hall–Kier alpha value is -3.33. The highest BCUT2D eigenvalue weighted by atomic mass is 19.1. The van der Waals surface area contributed by atoms with Gasteiger partial charge < -0.3 is 24.2 Å². The molecular weight excluding hydrogens is 501 g/mol. The maximum absolute atomic E-state index is 14.3. The highest BCUT2D eigenvalue weighted by molar-refractivity contribution is 5.88. The molecule has 1 saturated carbocycles. The molecule has 2 aromatic rings. The summed E-state index contributed by atoms with van der Waals surface area (Å²) in [4.78, 5) is 28.0. The Kier molecular flexibility index (Phi) is 8.55. The van der Waals surface area contributed by atoms with Gasteiger partial charge in [0.15, 0.2) is 6.10 Å². The number of rotatable bonds is 9. The average molecular weight is 536 g/mol. The first-order valence-corrected chi connectivity index (χ1v) is 13.5. The number of ether oxygens (including phenoxy) is 3. The van der Waals surface area contributed by atoms with Gasteiger partial charge in [0, 0.05) is 25.6 Å². The van der Waals surface area contributed by atoms with E-state index in [1.54, 1.807) is 25.3 Å². The van der Waals surface area contributed by atoms with E-state index in [0.29, 0.717) is 11.1 Å². The zero-order valence-corrected chi connectivity index (χ0v) is 22.0. The van der Waals surface area contributed by atoms with Gasteiger partial charge in [0.25, 0.3) is 5.91 Å². The second kappa shape index (κ2) is 12.2. The molecule has 3 unspecified atom stereocenters.